The van der Waals surface area contributed by atoms with Gasteiger partial charge in [-0.3, -0.25) is 0 Å². The molecule has 1 heterocycles. The second kappa shape index (κ2) is 9.12. The maximum absolute atomic E-state index is 4.08. The van der Waals surface area contributed by atoms with Crippen molar-refractivity contribution in [3.8, 4) is 11.1 Å². The second-order valence-electron chi connectivity index (χ2n) is 8.96. The molecular formula is C34H27N. The fourth-order valence-electron chi connectivity index (χ4n) is 5.47. The van der Waals surface area contributed by atoms with Crippen LogP contribution in [0, 0.1) is 0 Å². The lowest BCUT2D eigenvalue weighted by molar-refractivity contribution is 0.898. The number of aromatic nitrogens is 1. The van der Waals surface area contributed by atoms with E-state index in [-0.39, 0.29) is 5.92 Å². The Balaban J connectivity index is 1.77. The van der Waals surface area contributed by atoms with Gasteiger partial charge in [-0.1, -0.05) is 127 Å². The summed E-state index contributed by atoms with van der Waals surface area (Å²) in [5, 5.41) is 2.56. The monoisotopic (exact) mass is 449 g/mol. The molecule has 1 aromatic heterocycles. The van der Waals surface area contributed by atoms with Crippen molar-refractivity contribution in [1.82, 2.24) is 4.57 Å². The van der Waals surface area contributed by atoms with Crippen molar-refractivity contribution in [3.05, 3.63) is 157 Å². The van der Waals surface area contributed by atoms with Crippen LogP contribution in [-0.4, -0.2) is 4.57 Å². The fourth-order valence-corrected chi connectivity index (χ4v) is 5.47. The van der Waals surface area contributed by atoms with Crippen LogP contribution in [0.4, 0.5) is 0 Å². The van der Waals surface area contributed by atoms with Gasteiger partial charge in [0.05, 0.1) is 5.52 Å². The molecule has 0 spiro atoms. The lowest BCUT2D eigenvalue weighted by atomic mass is 9.80. The third kappa shape index (κ3) is 3.66. The van der Waals surface area contributed by atoms with Gasteiger partial charge in [-0.25, -0.2) is 0 Å². The van der Waals surface area contributed by atoms with Crippen LogP contribution in [-0.2, 0) is 6.54 Å². The van der Waals surface area contributed by atoms with E-state index in [0.29, 0.717) is 0 Å². The highest BCUT2D eigenvalue weighted by Gasteiger charge is 2.24. The molecular weight excluding hydrogens is 422 g/mol. The maximum Gasteiger partial charge on any atom is 0.0577 e. The summed E-state index contributed by atoms with van der Waals surface area (Å²) in [4.78, 5) is 0. The fraction of sp³-hybridized carbons (Fsp3) is 0.0588. The zero-order valence-corrected chi connectivity index (χ0v) is 19.6. The Kier molecular flexibility index (Phi) is 5.52. The van der Waals surface area contributed by atoms with E-state index in [4.69, 9.17) is 0 Å². The molecule has 1 nitrogen and oxygen atoms in total. The summed E-state index contributed by atoms with van der Waals surface area (Å²) in [6.07, 6.45) is 2.00. The van der Waals surface area contributed by atoms with Crippen molar-refractivity contribution in [3.63, 3.8) is 0 Å². The molecule has 35 heavy (non-hydrogen) atoms. The van der Waals surface area contributed by atoms with Gasteiger partial charge in [0.15, 0.2) is 0 Å². The van der Waals surface area contributed by atoms with Crippen LogP contribution < -0.4 is 0 Å². The van der Waals surface area contributed by atoms with Gasteiger partial charge in [0.25, 0.3) is 0 Å². The number of para-hydroxylation sites is 1. The van der Waals surface area contributed by atoms with Crippen molar-refractivity contribution < 1.29 is 0 Å². The topological polar surface area (TPSA) is 4.93 Å². The largest absolute Gasteiger partial charge is 0.336 e. The van der Waals surface area contributed by atoms with Crippen LogP contribution in [0.3, 0.4) is 0 Å². The van der Waals surface area contributed by atoms with E-state index < -0.39 is 0 Å². The average Bonchev–Trinajstić information content (AvgIpc) is 3.24. The summed E-state index contributed by atoms with van der Waals surface area (Å²) in [6.45, 7) is 4.84. The van der Waals surface area contributed by atoms with Crippen molar-refractivity contribution in [2.45, 2.75) is 12.5 Å². The molecule has 1 heteroatoms. The molecule has 0 atom stereocenters. The summed E-state index contributed by atoms with van der Waals surface area (Å²) in [6, 6.07) is 45.9. The Hall–Kier alpha value is -4.36. The van der Waals surface area contributed by atoms with Crippen molar-refractivity contribution in [1.29, 1.82) is 0 Å². The Morgan fingerprint density at radius 1 is 0.600 bits per heavy atom. The normalized spacial score (nSPS) is 11.3. The van der Waals surface area contributed by atoms with Crippen LogP contribution in [0.25, 0.3) is 32.9 Å². The van der Waals surface area contributed by atoms with E-state index in [0.717, 1.165) is 6.54 Å². The predicted molar refractivity (Wildman–Crippen MR) is 149 cm³/mol. The molecule has 6 aromatic rings. The van der Waals surface area contributed by atoms with Gasteiger partial charge in [0.1, 0.15) is 0 Å². The first kappa shape index (κ1) is 21.2. The van der Waals surface area contributed by atoms with E-state index in [9.17, 15) is 0 Å². The smallest absolute Gasteiger partial charge is 0.0577 e. The summed E-state index contributed by atoms with van der Waals surface area (Å²) in [5.41, 5.74) is 8.94. The molecule has 0 bridgehead atoms. The third-order valence-electron chi connectivity index (χ3n) is 6.92. The Labute approximate surface area is 206 Å². The molecule has 5 aromatic carbocycles. The molecule has 0 N–H and O–H groups in total. The van der Waals surface area contributed by atoms with Crippen LogP contribution in [0.5, 0.6) is 0 Å². The van der Waals surface area contributed by atoms with Gasteiger partial charge in [-0.15, -0.1) is 6.58 Å². The van der Waals surface area contributed by atoms with Crippen molar-refractivity contribution in [2.75, 3.05) is 0 Å². The molecule has 0 aliphatic heterocycles. The highest BCUT2D eigenvalue weighted by molar-refractivity contribution is 6.13. The first-order valence-corrected chi connectivity index (χ1v) is 12.2. The van der Waals surface area contributed by atoms with Gasteiger partial charge in [-0.2, -0.15) is 0 Å². The molecule has 0 aliphatic rings. The predicted octanol–water partition coefficient (Wildman–Crippen LogP) is 8.83. The third-order valence-corrected chi connectivity index (χ3v) is 6.92. The summed E-state index contributed by atoms with van der Waals surface area (Å²) < 4.78 is 2.43. The number of benzene rings is 5. The van der Waals surface area contributed by atoms with Crippen molar-refractivity contribution in [2.24, 2.45) is 0 Å². The highest BCUT2D eigenvalue weighted by Crippen LogP contribution is 2.44. The van der Waals surface area contributed by atoms with E-state index >= 15 is 0 Å². The molecule has 0 saturated carbocycles. The first-order chi connectivity index (χ1) is 17.4. The lowest BCUT2D eigenvalue weighted by Gasteiger charge is -2.24. The Morgan fingerprint density at radius 2 is 1.17 bits per heavy atom. The number of fused-ring (bicyclic) bond motifs is 3. The molecule has 0 amide bonds. The first-order valence-electron chi connectivity index (χ1n) is 12.2. The molecule has 6 rings (SSSR count). The minimum Gasteiger partial charge on any atom is -0.336 e. The average molecular weight is 450 g/mol. The number of rotatable bonds is 6. The van der Waals surface area contributed by atoms with E-state index in [1.165, 1.54) is 49.6 Å². The zero-order valence-electron chi connectivity index (χ0n) is 19.6. The number of nitrogens with zero attached hydrogens (tertiary/aromatic N) is 1. The van der Waals surface area contributed by atoms with Gasteiger partial charge < -0.3 is 4.57 Å². The SMILES string of the molecule is C=CCn1c2ccccc2c2ccc(C(c3ccccc3)c3ccccc3)c(-c3ccccc3)c21. The van der Waals surface area contributed by atoms with E-state index in [2.05, 4.69) is 139 Å². The zero-order chi connectivity index (χ0) is 23.6. The summed E-state index contributed by atoms with van der Waals surface area (Å²) >= 11 is 0. The molecule has 168 valence electrons. The summed E-state index contributed by atoms with van der Waals surface area (Å²) in [7, 11) is 0. The van der Waals surface area contributed by atoms with Crippen LogP contribution >= 0.6 is 0 Å². The number of allylic oxidation sites excluding steroid dienone is 1. The highest BCUT2D eigenvalue weighted by atomic mass is 15.0. The molecule has 0 fully saturated rings. The molecule has 0 radical (unpaired) electrons. The molecule has 0 saturated heterocycles. The van der Waals surface area contributed by atoms with Crippen LogP contribution in [0.2, 0.25) is 0 Å². The molecule has 0 aliphatic carbocycles. The van der Waals surface area contributed by atoms with Crippen LogP contribution in [0.15, 0.2) is 140 Å². The maximum atomic E-state index is 4.08. The second-order valence-corrected chi connectivity index (χ2v) is 8.96. The van der Waals surface area contributed by atoms with Gasteiger partial charge in [0.2, 0.25) is 0 Å². The van der Waals surface area contributed by atoms with E-state index in [1.54, 1.807) is 0 Å². The lowest BCUT2D eigenvalue weighted by Crippen LogP contribution is -2.07. The minimum absolute atomic E-state index is 0.118. The number of hydrogen-bond donors (Lipinski definition) is 0. The van der Waals surface area contributed by atoms with Gasteiger partial charge >= 0.3 is 0 Å². The van der Waals surface area contributed by atoms with Gasteiger partial charge in [0, 0.05) is 34.3 Å². The minimum atomic E-state index is 0.118. The van der Waals surface area contributed by atoms with Gasteiger partial charge in [-0.05, 0) is 28.3 Å². The summed E-state index contributed by atoms with van der Waals surface area (Å²) in [5.74, 6) is 0.118. The number of hydrogen-bond acceptors (Lipinski definition) is 0. The Bertz CT molecular complexity index is 1570. The quantitative estimate of drug-likeness (QED) is 0.177. The van der Waals surface area contributed by atoms with Crippen molar-refractivity contribution >= 4 is 21.8 Å². The standard InChI is InChI=1S/C34H27N/c1-2-24-35-31-21-13-12-20-28(31)29-22-23-30(33(34(29)35)27-18-10-5-11-19-27)32(25-14-6-3-7-15-25)26-16-8-4-9-17-26/h2-23,32H,1,24H2. The molecule has 0 unspecified atom stereocenters. The Morgan fingerprint density at radius 3 is 1.80 bits per heavy atom. The van der Waals surface area contributed by atoms with Crippen LogP contribution in [0.1, 0.15) is 22.6 Å². The van der Waals surface area contributed by atoms with E-state index in [1.807, 2.05) is 6.08 Å².